The lowest BCUT2D eigenvalue weighted by Gasteiger charge is -2.38. The van der Waals surface area contributed by atoms with E-state index in [1.165, 1.54) is 18.5 Å². The molecule has 388 valence electrons. The number of piperazine rings is 2. The Bertz CT molecular complexity index is 2600. The van der Waals surface area contributed by atoms with Crippen LogP contribution in [-0.2, 0) is 20.5 Å². The van der Waals surface area contributed by atoms with Crippen molar-refractivity contribution in [3.8, 4) is 0 Å². The van der Waals surface area contributed by atoms with Crippen LogP contribution in [0.4, 0.5) is 33.6 Å². The number of amides is 2. The molecule has 1 saturated carbocycles. The maximum atomic E-state index is 15.3. The van der Waals surface area contributed by atoms with Gasteiger partial charge in [-0.2, -0.15) is 13.2 Å². The van der Waals surface area contributed by atoms with Crippen molar-refractivity contribution in [3.63, 3.8) is 0 Å². The van der Waals surface area contributed by atoms with Crippen molar-refractivity contribution < 1.29 is 41.4 Å². The molecule has 2 aromatic heterocycles. The molecule has 0 radical (unpaired) electrons. The van der Waals surface area contributed by atoms with E-state index >= 15 is 4.39 Å². The van der Waals surface area contributed by atoms with Crippen molar-refractivity contribution >= 4 is 35.1 Å². The molecular formula is C52H64ClF5N10O4. The predicted molar refractivity (Wildman–Crippen MR) is 262 cm³/mol. The molecule has 2 aliphatic heterocycles. The summed E-state index contributed by atoms with van der Waals surface area (Å²) in [4.78, 5) is 54.7. The molecule has 2 saturated heterocycles. The first-order chi connectivity index (χ1) is 34.4. The number of anilines is 2. The Kier molecular flexibility index (Phi) is 15.7. The Balaban J connectivity index is 0.809. The number of halogens is 6. The number of nitrogens with zero attached hydrogens (tertiary/aromatic N) is 8. The maximum Gasteiger partial charge on any atom is 0.416 e. The van der Waals surface area contributed by atoms with Gasteiger partial charge in [0.05, 0.1) is 46.0 Å². The lowest BCUT2D eigenvalue weighted by molar-refractivity contribution is -0.137. The largest absolute Gasteiger partial charge is 0.416 e. The van der Waals surface area contributed by atoms with Gasteiger partial charge in [-0.1, -0.05) is 51.4 Å². The third kappa shape index (κ3) is 11.1. The first-order valence-electron chi connectivity index (χ1n) is 25.3. The maximum absolute atomic E-state index is 15.3. The van der Waals surface area contributed by atoms with Crippen LogP contribution in [0.5, 0.6) is 0 Å². The van der Waals surface area contributed by atoms with Crippen LogP contribution in [0, 0.1) is 11.6 Å². The lowest BCUT2D eigenvalue weighted by atomic mass is 9.92. The summed E-state index contributed by atoms with van der Waals surface area (Å²) < 4.78 is 77.3. The highest BCUT2D eigenvalue weighted by Gasteiger charge is 2.41. The van der Waals surface area contributed by atoms with Crippen LogP contribution < -0.4 is 20.4 Å². The zero-order valence-electron chi connectivity index (χ0n) is 41.1. The first kappa shape index (κ1) is 51.8. The van der Waals surface area contributed by atoms with Crippen molar-refractivity contribution in [3.05, 3.63) is 105 Å². The van der Waals surface area contributed by atoms with Crippen LogP contribution >= 0.6 is 11.6 Å². The highest BCUT2D eigenvalue weighted by molar-refractivity contribution is 6.30. The summed E-state index contributed by atoms with van der Waals surface area (Å²) >= 11 is 6.09. The summed E-state index contributed by atoms with van der Waals surface area (Å²) in [7, 11) is 0. The summed E-state index contributed by atoms with van der Waals surface area (Å²) in [6.45, 7) is 12.3. The van der Waals surface area contributed by atoms with E-state index in [4.69, 9.17) is 26.3 Å². The normalized spacial score (nSPS) is 24.2. The molecule has 2 aromatic carbocycles. The van der Waals surface area contributed by atoms with Gasteiger partial charge in [0.1, 0.15) is 42.0 Å². The fourth-order valence-corrected chi connectivity index (χ4v) is 11.6. The number of rotatable bonds is 15. The van der Waals surface area contributed by atoms with Gasteiger partial charge in [0.15, 0.2) is 0 Å². The second kappa shape index (κ2) is 21.8. The van der Waals surface area contributed by atoms with Crippen LogP contribution in [0.2, 0.25) is 5.02 Å². The number of alkyl halides is 3. The smallest absolute Gasteiger partial charge is 0.387 e. The van der Waals surface area contributed by atoms with Gasteiger partial charge in [-0.15, -0.1) is 0 Å². The molecule has 3 N–H and O–H groups in total. The van der Waals surface area contributed by atoms with E-state index in [0.717, 1.165) is 53.4 Å². The van der Waals surface area contributed by atoms with Crippen LogP contribution in [0.3, 0.4) is 0 Å². The summed E-state index contributed by atoms with van der Waals surface area (Å²) in [6, 6.07) is 7.12. The van der Waals surface area contributed by atoms with Gasteiger partial charge < -0.3 is 40.1 Å². The molecule has 2 unspecified atom stereocenters. The molecule has 72 heavy (non-hydrogen) atoms. The Hall–Kier alpha value is -5.08. The number of nitrogens with one attached hydrogen (secondary N) is 2. The molecule has 2 amide bonds. The quantitative estimate of drug-likeness (QED) is 0.0998. The zero-order valence-corrected chi connectivity index (χ0v) is 41.9. The number of aliphatic hydroxyl groups excluding tert-OH is 1. The topological polar surface area (TPSA) is 152 Å². The number of hydrogen-bond acceptors (Lipinski definition) is 12. The van der Waals surface area contributed by atoms with Crippen molar-refractivity contribution in [1.82, 2.24) is 40.4 Å². The highest BCUT2D eigenvalue weighted by Crippen LogP contribution is 2.47. The molecule has 4 aromatic rings. The molecule has 4 heterocycles. The predicted octanol–water partition coefficient (Wildman–Crippen LogP) is 7.79. The number of benzene rings is 2. The van der Waals surface area contributed by atoms with Crippen molar-refractivity contribution in [2.24, 2.45) is 0 Å². The number of carbonyl (C=O) groups is 2. The molecule has 14 nitrogen and oxygen atoms in total. The molecule has 9 rings (SSSR count). The van der Waals surface area contributed by atoms with E-state index < -0.39 is 41.3 Å². The molecule has 5 aliphatic rings. The number of carbonyl (C=O) groups excluding carboxylic acids is 2. The Morgan fingerprint density at radius 3 is 2.00 bits per heavy atom. The molecule has 8 atom stereocenters. The van der Waals surface area contributed by atoms with Gasteiger partial charge in [-0.3, -0.25) is 9.59 Å². The van der Waals surface area contributed by atoms with E-state index in [-0.39, 0.29) is 64.9 Å². The molecule has 3 fully saturated rings. The second-order valence-electron chi connectivity index (χ2n) is 20.5. The number of aromatic nitrogens is 4. The van der Waals surface area contributed by atoms with Crippen molar-refractivity contribution in [1.29, 1.82) is 0 Å². The number of ether oxygens (including phenoxy) is 1. The van der Waals surface area contributed by atoms with Gasteiger partial charge >= 0.3 is 6.18 Å². The Morgan fingerprint density at radius 2 is 1.39 bits per heavy atom. The van der Waals surface area contributed by atoms with Gasteiger partial charge in [-0.25, -0.2) is 28.7 Å². The van der Waals surface area contributed by atoms with E-state index in [1.807, 2.05) is 18.7 Å². The third-order valence-electron chi connectivity index (χ3n) is 15.3. The fraction of sp³-hybridized carbons (Fsp3) is 0.577. The molecular weight excluding hydrogens is 959 g/mol. The molecule has 0 bridgehead atoms. The summed E-state index contributed by atoms with van der Waals surface area (Å²) in [5.41, 5.74) is 2.89. The molecule has 20 heteroatoms. The average molecular weight is 1020 g/mol. The van der Waals surface area contributed by atoms with Crippen LogP contribution in [0.1, 0.15) is 141 Å². The second-order valence-corrected chi connectivity index (χ2v) is 20.9. The average Bonchev–Trinajstić information content (AvgIpc) is 4.04. The van der Waals surface area contributed by atoms with Crippen molar-refractivity contribution in [2.75, 3.05) is 75.2 Å². The minimum absolute atomic E-state index is 0.0104. The third-order valence-corrected chi connectivity index (χ3v) is 15.6. The van der Waals surface area contributed by atoms with E-state index in [2.05, 4.69) is 44.2 Å². The Labute approximate surface area is 422 Å². The van der Waals surface area contributed by atoms with E-state index in [1.54, 1.807) is 17.3 Å². The van der Waals surface area contributed by atoms with E-state index in [9.17, 15) is 32.3 Å². The molecule has 0 spiro atoms. The van der Waals surface area contributed by atoms with Crippen LogP contribution in [0.15, 0.2) is 49.1 Å². The number of aliphatic hydroxyl groups is 1. The van der Waals surface area contributed by atoms with E-state index in [0.29, 0.717) is 102 Å². The van der Waals surface area contributed by atoms with Gasteiger partial charge in [0, 0.05) is 87.7 Å². The van der Waals surface area contributed by atoms with Gasteiger partial charge in [0.2, 0.25) is 11.8 Å². The number of hydrogen-bond donors (Lipinski definition) is 3. The highest BCUT2D eigenvalue weighted by atomic mass is 35.5. The summed E-state index contributed by atoms with van der Waals surface area (Å²) in [6.07, 6.45) is 1.27. The standard InChI is InChI=1S/C52H64ClF5N10O4/c1-29(2)59-12-11-37(36-9-6-33(24-40(36)54)52(56,57)58)50(70)67-17-13-66(14-18-67)49-45-31(4)22-43(47(45)62-28-64-49)72-35-8-7-34(25-35)60-26-38(32-5-10-39(53)41(55)23-32)51(71)68-19-15-65(16-20-68)48-44-30(3)21-42(69)46(44)61-27-63-48/h5-6,9-10,23-24,27-31,34-35,37-38,42-43,59-60,69H,7-8,11-22,25-26H2,1-4H3/t30-,31-,34?,35?,37-,38-,42-,43+/m1/s1. The minimum Gasteiger partial charge on any atom is -0.387 e. The Morgan fingerprint density at radius 1 is 0.778 bits per heavy atom. The van der Waals surface area contributed by atoms with Crippen LogP contribution in [0.25, 0.3) is 0 Å². The number of fused-ring (bicyclic) bond motifs is 2. The van der Waals surface area contributed by atoms with Gasteiger partial charge in [-0.05, 0) is 86.7 Å². The summed E-state index contributed by atoms with van der Waals surface area (Å²) in [5.74, 6) is -1.87. The minimum atomic E-state index is -4.71. The fourth-order valence-electron chi connectivity index (χ4n) is 11.5. The SMILES string of the molecule is CC(C)NCC[C@@H](C(=O)N1CCN(c2ncnc3c2[C@H](C)C[C@@H]3OC2CCC(NC[C@@H](C(=O)N3CCN(c4ncnc5c4[C@H](C)C[C@H]5O)CC3)c3ccc(Cl)c(F)c3)C2)CC1)c1ccc(C(F)(F)F)cc1F. The van der Waals surface area contributed by atoms with Crippen LogP contribution in [-0.4, -0.2) is 130 Å². The van der Waals surface area contributed by atoms with Crippen molar-refractivity contribution in [2.45, 2.75) is 126 Å². The monoisotopic (exact) mass is 1020 g/mol. The summed E-state index contributed by atoms with van der Waals surface area (Å²) in [5, 5.41) is 17.4. The lowest BCUT2D eigenvalue weighted by Crippen LogP contribution is -2.51. The zero-order chi connectivity index (χ0) is 51.0. The first-order valence-corrected chi connectivity index (χ1v) is 25.7. The van der Waals surface area contributed by atoms with Gasteiger partial charge in [0.25, 0.3) is 0 Å². The molecule has 3 aliphatic carbocycles.